The van der Waals surface area contributed by atoms with E-state index in [0.717, 1.165) is 49.1 Å². The van der Waals surface area contributed by atoms with Crippen molar-refractivity contribution in [2.45, 2.75) is 25.8 Å². The van der Waals surface area contributed by atoms with Gasteiger partial charge in [-0.2, -0.15) is 0 Å². The Labute approximate surface area is 152 Å². The Morgan fingerprint density at radius 2 is 2.29 bits per heavy atom. The van der Waals surface area contributed by atoms with Crippen molar-refractivity contribution < 1.29 is 14.3 Å². The molecule has 0 atom stereocenters. The van der Waals surface area contributed by atoms with Crippen molar-refractivity contribution in [3.8, 4) is 11.5 Å². The zero-order valence-electron chi connectivity index (χ0n) is 14.1. The predicted molar refractivity (Wildman–Crippen MR) is 98.5 cm³/mol. The number of hydrogen-bond donors (Lipinski definition) is 1. The van der Waals surface area contributed by atoms with Crippen molar-refractivity contribution >= 4 is 21.8 Å². The number of halogens is 1. The third kappa shape index (κ3) is 5.24. The molecule has 1 aromatic rings. The molecular formula is C18H25BrN2O3. The van der Waals surface area contributed by atoms with Crippen molar-refractivity contribution in [1.82, 2.24) is 10.2 Å². The second-order valence-electron chi connectivity index (χ2n) is 5.72. The number of benzene rings is 1. The van der Waals surface area contributed by atoms with Crippen LogP contribution >= 0.6 is 15.9 Å². The molecule has 1 aliphatic heterocycles. The zero-order chi connectivity index (χ0) is 17.4. The van der Waals surface area contributed by atoms with E-state index in [0.29, 0.717) is 30.4 Å². The van der Waals surface area contributed by atoms with Gasteiger partial charge in [-0.3, -0.25) is 4.79 Å². The molecule has 0 bridgehead atoms. The highest BCUT2D eigenvalue weighted by Crippen LogP contribution is 2.36. The Hall–Kier alpha value is -1.53. The topological polar surface area (TPSA) is 50.8 Å². The van der Waals surface area contributed by atoms with Crippen LogP contribution in [-0.2, 0) is 11.3 Å². The van der Waals surface area contributed by atoms with Gasteiger partial charge in [0.1, 0.15) is 6.61 Å². The van der Waals surface area contributed by atoms with Crippen LogP contribution in [0.2, 0.25) is 0 Å². The minimum atomic E-state index is 0.291. The summed E-state index contributed by atoms with van der Waals surface area (Å²) in [4.78, 5) is 13.5. The Morgan fingerprint density at radius 1 is 1.46 bits per heavy atom. The number of ether oxygens (including phenoxy) is 2. The van der Waals surface area contributed by atoms with E-state index in [9.17, 15) is 4.79 Å². The number of nitrogens with zero attached hydrogens (tertiary/aromatic N) is 1. The first-order valence-corrected chi connectivity index (χ1v) is 9.03. The molecule has 1 heterocycles. The molecule has 0 radical (unpaired) electrons. The van der Waals surface area contributed by atoms with E-state index in [-0.39, 0.29) is 0 Å². The Morgan fingerprint density at radius 3 is 2.96 bits per heavy atom. The van der Waals surface area contributed by atoms with E-state index in [1.54, 1.807) is 13.2 Å². The highest BCUT2D eigenvalue weighted by atomic mass is 79.9. The molecule has 0 aliphatic carbocycles. The molecule has 2 rings (SSSR count). The predicted octanol–water partition coefficient (Wildman–Crippen LogP) is 3.12. The van der Waals surface area contributed by atoms with Gasteiger partial charge in [0.25, 0.3) is 0 Å². The van der Waals surface area contributed by atoms with Crippen molar-refractivity contribution in [2.24, 2.45) is 0 Å². The molecule has 1 aliphatic rings. The average molecular weight is 397 g/mol. The average Bonchev–Trinajstić information content (AvgIpc) is 2.98. The molecule has 1 amide bonds. The number of hydrogen-bond acceptors (Lipinski definition) is 4. The van der Waals surface area contributed by atoms with Gasteiger partial charge in [-0.15, -0.1) is 0 Å². The monoisotopic (exact) mass is 396 g/mol. The standard InChI is InChI=1S/C18H25BrN2O3/c1-3-10-24-18-15(19)11-14(12-16(18)23-2)13-20-7-5-9-21-8-4-6-17(21)22/h3,11-12,20H,1,4-10,13H2,2H3. The molecule has 0 unspecified atom stereocenters. The lowest BCUT2D eigenvalue weighted by Gasteiger charge is -2.16. The first-order valence-electron chi connectivity index (χ1n) is 8.24. The lowest BCUT2D eigenvalue weighted by molar-refractivity contribution is -0.127. The molecule has 1 fully saturated rings. The zero-order valence-corrected chi connectivity index (χ0v) is 15.7. The normalized spacial score (nSPS) is 14.1. The summed E-state index contributed by atoms with van der Waals surface area (Å²) in [7, 11) is 1.63. The summed E-state index contributed by atoms with van der Waals surface area (Å²) in [6.45, 7) is 7.45. The minimum Gasteiger partial charge on any atom is -0.493 e. The highest BCUT2D eigenvalue weighted by molar-refractivity contribution is 9.10. The van der Waals surface area contributed by atoms with Crippen molar-refractivity contribution in [3.63, 3.8) is 0 Å². The molecule has 24 heavy (non-hydrogen) atoms. The highest BCUT2D eigenvalue weighted by Gasteiger charge is 2.18. The summed E-state index contributed by atoms with van der Waals surface area (Å²) in [6.07, 6.45) is 4.37. The first-order chi connectivity index (χ1) is 11.7. The van der Waals surface area contributed by atoms with E-state index in [1.165, 1.54) is 0 Å². The van der Waals surface area contributed by atoms with Crippen LogP contribution in [0, 0.1) is 0 Å². The Bertz CT molecular complexity index is 578. The second-order valence-corrected chi connectivity index (χ2v) is 6.58. The van der Waals surface area contributed by atoms with Gasteiger partial charge < -0.3 is 19.7 Å². The number of methoxy groups -OCH3 is 1. The van der Waals surface area contributed by atoms with Crippen LogP contribution in [0.25, 0.3) is 0 Å². The Balaban J connectivity index is 1.80. The fourth-order valence-electron chi connectivity index (χ4n) is 2.73. The Kier molecular flexibility index (Phi) is 7.59. The minimum absolute atomic E-state index is 0.291. The summed E-state index contributed by atoms with van der Waals surface area (Å²) in [5.74, 6) is 1.68. The lowest BCUT2D eigenvalue weighted by Crippen LogP contribution is -2.28. The van der Waals surface area contributed by atoms with Gasteiger partial charge in [-0.1, -0.05) is 12.7 Å². The third-order valence-electron chi connectivity index (χ3n) is 3.92. The van der Waals surface area contributed by atoms with Crippen LogP contribution in [0.1, 0.15) is 24.8 Å². The summed E-state index contributed by atoms with van der Waals surface area (Å²) >= 11 is 3.53. The summed E-state index contributed by atoms with van der Waals surface area (Å²) < 4.78 is 11.9. The molecule has 132 valence electrons. The molecule has 1 N–H and O–H groups in total. The quantitative estimate of drug-likeness (QED) is 0.487. The molecule has 0 spiro atoms. The lowest BCUT2D eigenvalue weighted by atomic mass is 10.2. The molecular weight excluding hydrogens is 372 g/mol. The fraction of sp³-hybridized carbons (Fsp3) is 0.500. The van der Waals surface area contributed by atoms with Crippen molar-refractivity contribution in [2.75, 3.05) is 33.4 Å². The van der Waals surface area contributed by atoms with Gasteiger partial charge in [0.05, 0.1) is 11.6 Å². The molecule has 0 saturated carbocycles. The molecule has 1 saturated heterocycles. The van der Waals surface area contributed by atoms with E-state index in [4.69, 9.17) is 9.47 Å². The van der Waals surface area contributed by atoms with Crippen molar-refractivity contribution in [1.29, 1.82) is 0 Å². The number of carbonyl (C=O) groups excluding carboxylic acids is 1. The van der Waals surface area contributed by atoms with E-state index in [1.807, 2.05) is 17.0 Å². The second kappa shape index (κ2) is 9.69. The van der Waals surface area contributed by atoms with E-state index >= 15 is 0 Å². The fourth-order valence-corrected chi connectivity index (χ4v) is 3.33. The van der Waals surface area contributed by atoms with Gasteiger partial charge in [-0.25, -0.2) is 0 Å². The van der Waals surface area contributed by atoms with Gasteiger partial charge >= 0.3 is 0 Å². The van der Waals surface area contributed by atoms with Crippen LogP contribution in [0.3, 0.4) is 0 Å². The first kappa shape index (κ1) is 18.8. The third-order valence-corrected chi connectivity index (χ3v) is 4.51. The number of rotatable bonds is 10. The van der Waals surface area contributed by atoms with Gasteiger partial charge in [0.15, 0.2) is 11.5 Å². The maximum absolute atomic E-state index is 11.5. The number of amides is 1. The number of carbonyl (C=O) groups is 1. The summed E-state index contributed by atoms with van der Waals surface area (Å²) in [6, 6.07) is 4.00. The molecule has 1 aromatic carbocycles. The van der Waals surface area contributed by atoms with E-state index in [2.05, 4.69) is 27.8 Å². The van der Waals surface area contributed by atoms with E-state index < -0.39 is 0 Å². The SMILES string of the molecule is C=CCOc1c(Br)cc(CNCCCN2CCCC2=O)cc1OC. The van der Waals surface area contributed by atoms with Gasteiger partial charge in [-0.05, 0) is 53.0 Å². The summed E-state index contributed by atoms with van der Waals surface area (Å²) in [5.41, 5.74) is 1.11. The maximum atomic E-state index is 11.5. The maximum Gasteiger partial charge on any atom is 0.222 e. The number of nitrogens with one attached hydrogen (secondary N) is 1. The summed E-state index contributed by atoms with van der Waals surface area (Å²) in [5, 5.41) is 3.41. The van der Waals surface area contributed by atoms with Crippen LogP contribution in [0.15, 0.2) is 29.3 Å². The number of likely N-dealkylation sites (tertiary alicyclic amines) is 1. The largest absolute Gasteiger partial charge is 0.493 e. The van der Waals surface area contributed by atoms with Crippen LogP contribution in [0.5, 0.6) is 11.5 Å². The smallest absolute Gasteiger partial charge is 0.222 e. The van der Waals surface area contributed by atoms with Gasteiger partial charge in [0, 0.05) is 26.1 Å². The molecule has 5 nitrogen and oxygen atoms in total. The van der Waals surface area contributed by atoms with Gasteiger partial charge in [0.2, 0.25) is 5.91 Å². The molecule has 0 aromatic heterocycles. The van der Waals surface area contributed by atoms with Crippen LogP contribution < -0.4 is 14.8 Å². The molecule has 6 heteroatoms. The van der Waals surface area contributed by atoms with Crippen molar-refractivity contribution in [3.05, 3.63) is 34.8 Å². The van der Waals surface area contributed by atoms with Crippen LogP contribution in [0.4, 0.5) is 0 Å². The van der Waals surface area contributed by atoms with Crippen LogP contribution in [-0.4, -0.2) is 44.2 Å².